The number of carbonyl (C=O) groups excluding carboxylic acids is 1. The largest absolute Gasteiger partial charge is 0.355 e. The molecule has 0 radical (unpaired) electrons. The Morgan fingerprint density at radius 3 is 2.75 bits per heavy atom. The van der Waals surface area contributed by atoms with Gasteiger partial charge < -0.3 is 10.6 Å². The summed E-state index contributed by atoms with van der Waals surface area (Å²) in [6.07, 6.45) is 0.937. The van der Waals surface area contributed by atoms with Gasteiger partial charge in [0.2, 0.25) is 11.1 Å². The molecule has 0 aromatic carbocycles. The Balaban J connectivity index is 2.36. The van der Waals surface area contributed by atoms with Crippen molar-refractivity contribution in [1.29, 1.82) is 0 Å². The number of nitrogens with zero attached hydrogens (tertiary/aromatic N) is 4. The maximum atomic E-state index is 11.5. The van der Waals surface area contributed by atoms with Crippen LogP contribution < -0.4 is 10.6 Å². The second-order valence-corrected chi connectivity index (χ2v) is 6.44. The minimum Gasteiger partial charge on any atom is -0.355 e. The highest BCUT2D eigenvalue weighted by molar-refractivity contribution is 7.99. The first-order valence-corrected chi connectivity index (χ1v) is 7.81. The number of carbonyl (C=O) groups is 1. The molecule has 0 bridgehead atoms. The monoisotopic (exact) mass is 300 g/mol. The zero-order valence-electron chi connectivity index (χ0n) is 12.6. The van der Waals surface area contributed by atoms with Crippen LogP contribution in [0.25, 0.3) is 0 Å². The first-order chi connectivity index (χ1) is 9.42. The molecule has 1 amide bonds. The zero-order chi connectivity index (χ0) is 15.0. The molecule has 2 N–H and O–H groups in total. The third-order valence-corrected chi connectivity index (χ3v) is 3.34. The number of tetrazole rings is 1. The fourth-order valence-electron chi connectivity index (χ4n) is 1.42. The lowest BCUT2D eigenvalue weighted by molar-refractivity contribution is -0.118. The average Bonchev–Trinajstić information content (AvgIpc) is 2.80. The molecular weight excluding hydrogens is 276 g/mol. The van der Waals surface area contributed by atoms with Gasteiger partial charge in [-0.15, -0.1) is 5.10 Å². The molecule has 0 spiro atoms. The molecule has 0 aliphatic carbocycles. The van der Waals surface area contributed by atoms with E-state index in [-0.39, 0.29) is 11.4 Å². The van der Waals surface area contributed by atoms with Crippen molar-refractivity contribution in [2.75, 3.05) is 18.8 Å². The lowest BCUT2D eigenvalue weighted by Gasteiger charge is -2.20. The van der Waals surface area contributed by atoms with E-state index >= 15 is 0 Å². The number of amides is 1. The highest BCUT2D eigenvalue weighted by atomic mass is 32.2. The summed E-state index contributed by atoms with van der Waals surface area (Å²) in [6.45, 7) is 10.5. The predicted octanol–water partition coefficient (Wildman–Crippen LogP) is 0.680. The van der Waals surface area contributed by atoms with Gasteiger partial charge in [-0.3, -0.25) is 4.79 Å². The van der Waals surface area contributed by atoms with Crippen LogP contribution in [-0.2, 0) is 11.3 Å². The van der Waals surface area contributed by atoms with Crippen molar-refractivity contribution in [1.82, 2.24) is 30.8 Å². The molecule has 0 saturated heterocycles. The lowest BCUT2D eigenvalue weighted by Crippen LogP contribution is -2.38. The third kappa shape index (κ3) is 6.85. The third-order valence-electron chi connectivity index (χ3n) is 2.38. The van der Waals surface area contributed by atoms with Crippen LogP contribution >= 0.6 is 11.8 Å². The Morgan fingerprint density at radius 2 is 2.10 bits per heavy atom. The van der Waals surface area contributed by atoms with E-state index < -0.39 is 0 Å². The minimum absolute atomic E-state index is 0.0132. The summed E-state index contributed by atoms with van der Waals surface area (Å²) >= 11 is 1.36. The summed E-state index contributed by atoms with van der Waals surface area (Å²) in [6, 6.07) is 0. The quantitative estimate of drug-likeness (QED) is 0.687. The van der Waals surface area contributed by atoms with Gasteiger partial charge in [0, 0.05) is 18.6 Å². The lowest BCUT2D eigenvalue weighted by atomic mass is 10.1. The number of aromatic nitrogens is 4. The summed E-state index contributed by atoms with van der Waals surface area (Å²) < 4.78 is 1.72. The first-order valence-electron chi connectivity index (χ1n) is 6.83. The van der Waals surface area contributed by atoms with Crippen molar-refractivity contribution in [2.24, 2.45) is 0 Å². The molecule has 0 saturated carbocycles. The zero-order valence-corrected chi connectivity index (χ0v) is 13.5. The second kappa shape index (κ2) is 8.21. The van der Waals surface area contributed by atoms with Gasteiger partial charge in [0.05, 0.1) is 12.3 Å². The van der Waals surface area contributed by atoms with Crippen LogP contribution in [0.5, 0.6) is 0 Å². The maximum Gasteiger partial charge on any atom is 0.230 e. The summed E-state index contributed by atoms with van der Waals surface area (Å²) in [5, 5.41) is 18.4. The average molecular weight is 300 g/mol. The molecule has 1 aromatic rings. The van der Waals surface area contributed by atoms with Gasteiger partial charge in [0.15, 0.2) is 0 Å². The number of nitrogens with one attached hydrogen (secondary N) is 2. The number of rotatable bonds is 8. The van der Waals surface area contributed by atoms with Crippen molar-refractivity contribution >= 4 is 17.7 Å². The molecule has 0 atom stereocenters. The SMILES string of the molecule is CCCNC(=O)CSc1nnnn1CCNC(C)(C)C. The van der Waals surface area contributed by atoms with Gasteiger partial charge in [0.25, 0.3) is 0 Å². The van der Waals surface area contributed by atoms with Crippen molar-refractivity contribution in [2.45, 2.75) is 51.4 Å². The Morgan fingerprint density at radius 1 is 1.35 bits per heavy atom. The summed E-state index contributed by atoms with van der Waals surface area (Å²) in [5.41, 5.74) is 0.0708. The molecule has 1 heterocycles. The molecular formula is C12H24N6OS. The van der Waals surface area contributed by atoms with Crippen LogP contribution in [0.15, 0.2) is 5.16 Å². The summed E-state index contributed by atoms with van der Waals surface area (Å²) in [7, 11) is 0. The van der Waals surface area contributed by atoms with Crippen LogP contribution in [0.2, 0.25) is 0 Å². The first kappa shape index (κ1) is 16.9. The van der Waals surface area contributed by atoms with E-state index in [1.54, 1.807) is 4.68 Å². The molecule has 0 aliphatic rings. The highest BCUT2D eigenvalue weighted by Gasteiger charge is 2.11. The van der Waals surface area contributed by atoms with Crippen molar-refractivity contribution in [3.63, 3.8) is 0 Å². The normalized spacial score (nSPS) is 11.6. The Labute approximate surface area is 124 Å². The van der Waals surface area contributed by atoms with Crippen LogP contribution in [0.4, 0.5) is 0 Å². The van der Waals surface area contributed by atoms with E-state index in [1.165, 1.54) is 11.8 Å². The van der Waals surface area contributed by atoms with E-state index in [0.717, 1.165) is 13.0 Å². The second-order valence-electron chi connectivity index (χ2n) is 5.50. The van der Waals surface area contributed by atoms with E-state index in [4.69, 9.17) is 0 Å². The van der Waals surface area contributed by atoms with Gasteiger partial charge in [-0.25, -0.2) is 4.68 Å². The molecule has 0 unspecified atom stereocenters. The molecule has 7 nitrogen and oxygen atoms in total. The molecule has 0 aliphatic heterocycles. The number of hydrogen-bond donors (Lipinski definition) is 2. The summed E-state index contributed by atoms with van der Waals surface area (Å²) in [4.78, 5) is 11.5. The van der Waals surface area contributed by atoms with Gasteiger partial charge in [0.1, 0.15) is 0 Å². The van der Waals surface area contributed by atoms with Crippen molar-refractivity contribution in [3.05, 3.63) is 0 Å². The maximum absolute atomic E-state index is 11.5. The molecule has 1 rings (SSSR count). The van der Waals surface area contributed by atoms with Gasteiger partial charge >= 0.3 is 0 Å². The van der Waals surface area contributed by atoms with Gasteiger partial charge in [-0.1, -0.05) is 18.7 Å². The van der Waals surface area contributed by atoms with Crippen LogP contribution in [-0.4, -0.2) is 50.5 Å². The Kier molecular flexibility index (Phi) is 6.94. The standard InChI is InChI=1S/C12H24N6OS/c1-5-6-13-10(19)9-20-11-15-16-17-18(11)8-7-14-12(2,3)4/h14H,5-9H2,1-4H3,(H,13,19). The van der Waals surface area contributed by atoms with Crippen LogP contribution in [0.3, 0.4) is 0 Å². The molecule has 114 valence electrons. The van der Waals surface area contributed by atoms with Crippen LogP contribution in [0, 0.1) is 0 Å². The highest BCUT2D eigenvalue weighted by Crippen LogP contribution is 2.12. The summed E-state index contributed by atoms with van der Waals surface area (Å²) in [5.74, 6) is 0.354. The van der Waals surface area contributed by atoms with E-state index in [2.05, 4.69) is 46.9 Å². The molecule has 0 fully saturated rings. The predicted molar refractivity (Wildman–Crippen MR) is 79.6 cm³/mol. The van der Waals surface area contributed by atoms with Crippen LogP contribution in [0.1, 0.15) is 34.1 Å². The smallest absolute Gasteiger partial charge is 0.230 e. The van der Waals surface area contributed by atoms with Gasteiger partial charge in [-0.05, 0) is 37.6 Å². The fraction of sp³-hybridized carbons (Fsp3) is 0.833. The van der Waals surface area contributed by atoms with E-state index in [9.17, 15) is 4.79 Å². The molecule has 8 heteroatoms. The van der Waals surface area contributed by atoms with E-state index in [0.29, 0.717) is 24.0 Å². The fourth-order valence-corrected chi connectivity index (χ4v) is 2.16. The topological polar surface area (TPSA) is 84.7 Å². The minimum atomic E-state index is 0.0132. The Hall–Kier alpha value is -1.15. The van der Waals surface area contributed by atoms with Gasteiger partial charge in [-0.2, -0.15) is 0 Å². The Bertz CT molecular complexity index is 414. The van der Waals surface area contributed by atoms with E-state index in [1.807, 2.05) is 6.92 Å². The molecule has 1 aromatic heterocycles. The van der Waals surface area contributed by atoms with Crippen molar-refractivity contribution < 1.29 is 4.79 Å². The number of thioether (sulfide) groups is 1. The number of hydrogen-bond acceptors (Lipinski definition) is 6. The molecule has 20 heavy (non-hydrogen) atoms. The van der Waals surface area contributed by atoms with Crippen molar-refractivity contribution in [3.8, 4) is 0 Å².